The van der Waals surface area contributed by atoms with E-state index in [-0.39, 0.29) is 21.9 Å². The third-order valence-corrected chi connectivity index (χ3v) is 3.62. The highest BCUT2D eigenvalue weighted by Crippen LogP contribution is 2.23. The maximum atomic E-state index is 12.2. The van der Waals surface area contributed by atoms with Gasteiger partial charge in [0.1, 0.15) is 4.90 Å². The van der Waals surface area contributed by atoms with E-state index in [9.17, 15) is 13.2 Å². The smallest absolute Gasteiger partial charge is 0.240 e. The molecule has 0 bridgehead atoms. The highest BCUT2D eigenvalue weighted by molar-refractivity contribution is 7.89. The molecule has 0 heterocycles. The average Bonchev–Trinajstić information content (AvgIpc) is 2.38. The van der Waals surface area contributed by atoms with Crippen LogP contribution < -0.4 is 10.9 Å². The molecule has 0 radical (unpaired) electrons. The summed E-state index contributed by atoms with van der Waals surface area (Å²) in [6.07, 6.45) is 0. The molecule has 0 saturated heterocycles. The summed E-state index contributed by atoms with van der Waals surface area (Å²) >= 11 is 0. The molecule has 2 rings (SSSR count). The number of ketones is 1. The zero-order valence-corrected chi connectivity index (χ0v) is 10.7. The molecule has 5 nitrogen and oxygen atoms in total. The first kappa shape index (κ1) is 13.3. The molecule has 98 valence electrons. The summed E-state index contributed by atoms with van der Waals surface area (Å²) in [7, 11) is -3.95. The van der Waals surface area contributed by atoms with Gasteiger partial charge in [0.15, 0.2) is 5.78 Å². The zero-order valence-electron chi connectivity index (χ0n) is 9.91. The first-order valence-electron chi connectivity index (χ1n) is 5.42. The van der Waals surface area contributed by atoms with E-state index in [0.29, 0.717) is 5.56 Å². The quantitative estimate of drug-likeness (QED) is 0.648. The molecule has 0 atom stereocenters. The van der Waals surface area contributed by atoms with E-state index in [2.05, 4.69) is 0 Å². The zero-order chi connectivity index (χ0) is 14.0. The number of primary sulfonamides is 1. The van der Waals surface area contributed by atoms with Crippen LogP contribution in [-0.4, -0.2) is 14.2 Å². The predicted molar refractivity (Wildman–Crippen MR) is 72.1 cm³/mol. The highest BCUT2D eigenvalue weighted by atomic mass is 32.2. The van der Waals surface area contributed by atoms with Crippen molar-refractivity contribution in [3.8, 4) is 0 Å². The average molecular weight is 276 g/mol. The summed E-state index contributed by atoms with van der Waals surface area (Å²) in [5, 5.41) is 5.05. The van der Waals surface area contributed by atoms with Crippen LogP contribution in [0.2, 0.25) is 0 Å². The second kappa shape index (κ2) is 4.83. The minimum absolute atomic E-state index is 0.123. The fourth-order valence-corrected chi connectivity index (χ4v) is 2.42. The maximum Gasteiger partial charge on any atom is 0.240 e. The van der Waals surface area contributed by atoms with E-state index in [4.69, 9.17) is 10.9 Å². The van der Waals surface area contributed by atoms with Crippen LogP contribution in [0.25, 0.3) is 0 Å². The molecular formula is C13H12N2O3S. The lowest BCUT2D eigenvalue weighted by Crippen LogP contribution is -2.16. The second-order valence-electron chi connectivity index (χ2n) is 3.96. The predicted octanol–water partition coefficient (Wildman–Crippen LogP) is 1.15. The van der Waals surface area contributed by atoms with Gasteiger partial charge in [-0.3, -0.25) is 4.79 Å². The molecule has 0 saturated carbocycles. The Hall–Kier alpha value is -2.18. The number of nitrogen functional groups attached to an aromatic ring is 1. The number of sulfonamides is 1. The summed E-state index contributed by atoms with van der Waals surface area (Å²) in [6.45, 7) is 0. The summed E-state index contributed by atoms with van der Waals surface area (Å²) in [5.74, 6) is -0.344. The number of rotatable bonds is 3. The van der Waals surface area contributed by atoms with Crippen molar-refractivity contribution in [2.75, 3.05) is 5.73 Å². The molecule has 0 aliphatic carbocycles. The van der Waals surface area contributed by atoms with Gasteiger partial charge in [0, 0.05) is 11.1 Å². The van der Waals surface area contributed by atoms with Crippen molar-refractivity contribution in [3.63, 3.8) is 0 Å². The van der Waals surface area contributed by atoms with Gasteiger partial charge in [-0.15, -0.1) is 0 Å². The Bertz CT molecular complexity index is 725. The Labute approximate surface area is 110 Å². The van der Waals surface area contributed by atoms with E-state index >= 15 is 0 Å². The first-order valence-corrected chi connectivity index (χ1v) is 6.97. The summed E-state index contributed by atoms with van der Waals surface area (Å²) in [6, 6.07) is 12.6. The largest absolute Gasteiger partial charge is 0.397 e. The van der Waals surface area contributed by atoms with Crippen LogP contribution in [-0.2, 0) is 10.0 Å². The van der Waals surface area contributed by atoms with Crippen LogP contribution in [0.15, 0.2) is 53.4 Å². The van der Waals surface area contributed by atoms with Crippen molar-refractivity contribution >= 4 is 21.5 Å². The summed E-state index contributed by atoms with van der Waals surface area (Å²) in [4.78, 5) is 12.0. The first-order chi connectivity index (χ1) is 8.91. The highest BCUT2D eigenvalue weighted by Gasteiger charge is 2.19. The van der Waals surface area contributed by atoms with Crippen molar-refractivity contribution < 1.29 is 13.2 Å². The monoisotopic (exact) mass is 276 g/mol. The van der Waals surface area contributed by atoms with Crippen LogP contribution in [0.5, 0.6) is 0 Å². The topological polar surface area (TPSA) is 103 Å². The van der Waals surface area contributed by atoms with Gasteiger partial charge in [0.2, 0.25) is 10.0 Å². The van der Waals surface area contributed by atoms with E-state index in [0.717, 1.165) is 0 Å². The fraction of sp³-hybridized carbons (Fsp3) is 0. The number of nitrogens with two attached hydrogens (primary N) is 2. The third kappa shape index (κ3) is 2.64. The van der Waals surface area contributed by atoms with Gasteiger partial charge in [-0.1, -0.05) is 36.4 Å². The van der Waals surface area contributed by atoms with Crippen molar-refractivity contribution in [2.24, 2.45) is 5.14 Å². The Morgan fingerprint density at radius 3 is 2.16 bits per heavy atom. The molecular weight excluding hydrogens is 264 g/mol. The Kier molecular flexibility index (Phi) is 3.37. The number of carbonyl (C=O) groups excluding carboxylic acids is 1. The van der Waals surface area contributed by atoms with Gasteiger partial charge in [-0.2, -0.15) is 0 Å². The molecule has 0 aliphatic heterocycles. The van der Waals surface area contributed by atoms with Gasteiger partial charge in [0.25, 0.3) is 0 Å². The van der Waals surface area contributed by atoms with E-state index < -0.39 is 10.0 Å². The van der Waals surface area contributed by atoms with Crippen LogP contribution in [0.4, 0.5) is 5.69 Å². The molecule has 4 N–H and O–H groups in total. The lowest BCUT2D eigenvalue weighted by Gasteiger charge is -2.08. The van der Waals surface area contributed by atoms with E-state index in [1.807, 2.05) is 0 Å². The number of hydrogen-bond donors (Lipinski definition) is 2. The van der Waals surface area contributed by atoms with Crippen molar-refractivity contribution in [1.82, 2.24) is 0 Å². The van der Waals surface area contributed by atoms with Gasteiger partial charge in [-0.05, 0) is 12.1 Å². The molecule has 0 aromatic heterocycles. The van der Waals surface area contributed by atoms with E-state index in [1.54, 1.807) is 30.3 Å². The van der Waals surface area contributed by atoms with Crippen LogP contribution in [0.3, 0.4) is 0 Å². The van der Waals surface area contributed by atoms with Crippen molar-refractivity contribution in [1.29, 1.82) is 0 Å². The van der Waals surface area contributed by atoms with E-state index in [1.165, 1.54) is 18.2 Å². The molecule has 0 fully saturated rings. The number of anilines is 1. The van der Waals surface area contributed by atoms with Crippen molar-refractivity contribution in [3.05, 3.63) is 59.7 Å². The molecule has 19 heavy (non-hydrogen) atoms. The number of hydrogen-bond acceptors (Lipinski definition) is 4. The molecule has 2 aromatic rings. The summed E-state index contributed by atoms with van der Waals surface area (Å²) < 4.78 is 22.7. The normalized spacial score (nSPS) is 11.2. The molecule has 2 aromatic carbocycles. The minimum atomic E-state index is -3.95. The van der Waals surface area contributed by atoms with Crippen LogP contribution >= 0.6 is 0 Å². The summed E-state index contributed by atoms with van der Waals surface area (Å²) in [5.41, 5.74) is 6.16. The number of carbonyl (C=O) groups is 1. The minimum Gasteiger partial charge on any atom is -0.397 e. The lowest BCUT2D eigenvalue weighted by atomic mass is 10.0. The Balaban J connectivity index is 2.57. The SMILES string of the molecule is Nc1c(C(=O)c2ccccc2)cccc1S(N)(=O)=O. The molecule has 0 amide bonds. The molecule has 0 aliphatic rings. The fourth-order valence-electron chi connectivity index (χ4n) is 1.74. The maximum absolute atomic E-state index is 12.2. The standard InChI is InChI=1S/C13H12N2O3S/c14-12-10(7-4-8-11(12)19(15,17)18)13(16)9-5-2-1-3-6-9/h1-8H,14H2,(H2,15,17,18). The van der Waals surface area contributed by atoms with Gasteiger partial charge in [0.05, 0.1) is 5.69 Å². The third-order valence-electron chi connectivity index (χ3n) is 2.65. The van der Waals surface area contributed by atoms with Gasteiger partial charge < -0.3 is 5.73 Å². The van der Waals surface area contributed by atoms with Crippen molar-refractivity contribution in [2.45, 2.75) is 4.90 Å². The second-order valence-corrected chi connectivity index (χ2v) is 5.49. The molecule has 0 spiro atoms. The Morgan fingerprint density at radius 2 is 1.58 bits per heavy atom. The van der Waals surface area contributed by atoms with Gasteiger partial charge >= 0.3 is 0 Å². The number of benzene rings is 2. The Morgan fingerprint density at radius 1 is 0.947 bits per heavy atom. The molecule has 0 unspecified atom stereocenters. The van der Waals surface area contributed by atoms with Crippen LogP contribution in [0.1, 0.15) is 15.9 Å². The lowest BCUT2D eigenvalue weighted by molar-refractivity contribution is 0.103. The van der Waals surface area contributed by atoms with Crippen LogP contribution in [0, 0.1) is 0 Å². The van der Waals surface area contributed by atoms with Gasteiger partial charge in [-0.25, -0.2) is 13.6 Å². The number of para-hydroxylation sites is 1. The molecule has 6 heteroatoms.